The smallest absolute Gasteiger partial charge is 0.289 e. The minimum absolute atomic E-state index is 0.0783. The van der Waals surface area contributed by atoms with Gasteiger partial charge in [-0.25, -0.2) is 0 Å². The highest BCUT2D eigenvalue weighted by Crippen LogP contribution is 2.42. The van der Waals surface area contributed by atoms with Crippen LogP contribution in [0, 0.1) is 42.9 Å². The Labute approximate surface area is 122 Å². The number of nitro groups is 2. The van der Waals surface area contributed by atoms with Gasteiger partial charge in [-0.1, -0.05) is 6.58 Å². The average molecular weight is 296 g/mol. The van der Waals surface area contributed by atoms with Gasteiger partial charge in [0.05, 0.1) is 9.85 Å². The van der Waals surface area contributed by atoms with Crippen molar-refractivity contribution in [2.45, 2.75) is 0 Å². The molecule has 0 atom stereocenters. The summed E-state index contributed by atoms with van der Waals surface area (Å²) < 4.78 is 0. The van der Waals surface area contributed by atoms with E-state index in [1.165, 1.54) is 0 Å². The number of hydrogen-bond acceptors (Lipinski definition) is 7. The molecule has 0 saturated heterocycles. The van der Waals surface area contributed by atoms with Gasteiger partial charge in [0.1, 0.15) is 17.7 Å². The Hall–Kier alpha value is -3.85. The first-order chi connectivity index (χ1) is 10.3. The largest absolute Gasteiger partial charge is 0.346 e. The Morgan fingerprint density at radius 3 is 1.91 bits per heavy atom. The van der Waals surface area contributed by atoms with Crippen LogP contribution in [0.4, 0.5) is 11.4 Å². The second-order valence-electron chi connectivity index (χ2n) is 4.18. The molecular weight excluding hydrogens is 292 g/mol. The molecule has 1 aliphatic carbocycles. The van der Waals surface area contributed by atoms with Gasteiger partial charge in [-0.3, -0.25) is 25.0 Å². The molecule has 0 N–H and O–H groups in total. The van der Waals surface area contributed by atoms with Gasteiger partial charge >= 0.3 is 11.4 Å². The van der Waals surface area contributed by atoms with Crippen molar-refractivity contribution in [2.75, 3.05) is 0 Å². The fourth-order valence-corrected chi connectivity index (χ4v) is 2.12. The number of carbonyl (C=O) groups is 1. The first kappa shape index (κ1) is 14.6. The summed E-state index contributed by atoms with van der Waals surface area (Å²) in [6.45, 7) is 3.45. The van der Waals surface area contributed by atoms with Crippen LogP contribution in [0.5, 0.6) is 0 Å². The summed E-state index contributed by atoms with van der Waals surface area (Å²) >= 11 is 0. The number of nitro benzene ring substituents is 2. The zero-order valence-electron chi connectivity index (χ0n) is 10.7. The monoisotopic (exact) mass is 296 g/mol. The molecule has 0 spiro atoms. The Morgan fingerprint density at radius 1 is 1.05 bits per heavy atom. The minimum atomic E-state index is -0.980. The Balaban J connectivity index is 2.94. The maximum Gasteiger partial charge on any atom is 0.346 e. The highest BCUT2D eigenvalue weighted by molar-refractivity contribution is 6.27. The highest BCUT2D eigenvalue weighted by Gasteiger charge is 2.37. The summed E-state index contributed by atoms with van der Waals surface area (Å²) in [5, 5.41) is 39.7. The van der Waals surface area contributed by atoms with Crippen molar-refractivity contribution in [3.05, 3.63) is 61.2 Å². The molecule has 0 saturated carbocycles. The molecular formula is C13H4N4O5. The number of benzene rings is 1. The molecule has 0 unspecified atom stereocenters. The van der Waals surface area contributed by atoms with E-state index in [0.717, 1.165) is 12.1 Å². The Kier molecular flexibility index (Phi) is 3.26. The number of allylic oxidation sites excluding steroid dienone is 3. The number of nitrogens with zero attached hydrogens (tertiary/aromatic N) is 4. The third kappa shape index (κ3) is 1.90. The molecule has 0 bridgehead atoms. The van der Waals surface area contributed by atoms with Crippen molar-refractivity contribution in [2.24, 2.45) is 0 Å². The molecule has 22 heavy (non-hydrogen) atoms. The van der Waals surface area contributed by atoms with Gasteiger partial charge in [-0.2, -0.15) is 10.5 Å². The summed E-state index contributed by atoms with van der Waals surface area (Å²) in [6, 6.07) is 4.72. The lowest BCUT2D eigenvalue weighted by molar-refractivity contribution is -0.422. The Morgan fingerprint density at radius 2 is 1.50 bits per heavy atom. The van der Waals surface area contributed by atoms with Crippen LogP contribution >= 0.6 is 0 Å². The van der Waals surface area contributed by atoms with Crippen LogP contribution in [0.2, 0.25) is 0 Å². The van der Waals surface area contributed by atoms with Crippen LogP contribution in [0.15, 0.2) is 29.9 Å². The van der Waals surface area contributed by atoms with Crippen molar-refractivity contribution in [1.29, 1.82) is 10.5 Å². The van der Waals surface area contributed by atoms with E-state index in [9.17, 15) is 25.0 Å². The third-order valence-electron chi connectivity index (χ3n) is 3.07. The molecule has 106 valence electrons. The van der Waals surface area contributed by atoms with Crippen molar-refractivity contribution in [3.8, 4) is 12.1 Å². The molecule has 1 aromatic rings. The second-order valence-corrected chi connectivity index (χ2v) is 4.18. The molecule has 9 heteroatoms. The molecule has 1 aliphatic rings. The van der Waals surface area contributed by atoms with Crippen LogP contribution in [0.25, 0.3) is 5.57 Å². The van der Waals surface area contributed by atoms with Gasteiger partial charge < -0.3 is 0 Å². The van der Waals surface area contributed by atoms with Crippen LogP contribution in [0.3, 0.4) is 0 Å². The van der Waals surface area contributed by atoms with Crippen molar-refractivity contribution >= 4 is 22.7 Å². The number of rotatable bonds is 2. The van der Waals surface area contributed by atoms with E-state index in [2.05, 4.69) is 6.58 Å². The van der Waals surface area contributed by atoms with Crippen molar-refractivity contribution in [1.82, 2.24) is 0 Å². The van der Waals surface area contributed by atoms with Crippen molar-refractivity contribution in [3.63, 3.8) is 0 Å². The van der Waals surface area contributed by atoms with E-state index in [1.807, 2.05) is 0 Å². The van der Waals surface area contributed by atoms with Gasteiger partial charge in [-0.05, 0) is 0 Å². The number of hydrogen-bond donors (Lipinski definition) is 0. The van der Waals surface area contributed by atoms with Crippen LogP contribution < -0.4 is 0 Å². The lowest BCUT2D eigenvalue weighted by Gasteiger charge is -2.01. The van der Waals surface area contributed by atoms with Crippen LogP contribution in [0.1, 0.15) is 15.9 Å². The zero-order chi connectivity index (χ0) is 16.6. The van der Waals surface area contributed by atoms with Crippen molar-refractivity contribution < 1.29 is 14.6 Å². The fraction of sp³-hybridized carbons (Fsp3) is 0. The standard InChI is InChI=1S/C13H4N4O5/c1-6-12(7(4-14)5-15)8-2-10(16(19)20)11(17(21)22)3-9(8)13(6)18/h2-3H,1H2. The molecule has 0 amide bonds. The van der Waals surface area contributed by atoms with Gasteiger partial charge in [0.2, 0.25) is 0 Å². The predicted molar refractivity (Wildman–Crippen MR) is 71.4 cm³/mol. The van der Waals surface area contributed by atoms with Crippen LogP contribution in [-0.2, 0) is 0 Å². The van der Waals surface area contributed by atoms with E-state index in [0.29, 0.717) is 0 Å². The average Bonchev–Trinajstić information content (AvgIpc) is 2.72. The zero-order valence-corrected chi connectivity index (χ0v) is 10.7. The number of nitriles is 2. The van der Waals surface area contributed by atoms with Gasteiger partial charge in [0, 0.05) is 34.4 Å². The molecule has 0 aromatic heterocycles. The molecule has 1 aromatic carbocycles. The summed E-state index contributed by atoms with van der Waals surface area (Å²) in [6.07, 6.45) is 0. The number of fused-ring (bicyclic) bond motifs is 1. The molecule has 0 aliphatic heterocycles. The van der Waals surface area contributed by atoms with E-state index >= 15 is 0 Å². The molecule has 9 nitrogen and oxygen atoms in total. The van der Waals surface area contributed by atoms with Gasteiger partial charge in [0.15, 0.2) is 5.78 Å². The summed E-state index contributed by atoms with van der Waals surface area (Å²) in [4.78, 5) is 31.9. The molecule has 0 heterocycles. The second kappa shape index (κ2) is 4.92. The highest BCUT2D eigenvalue weighted by atomic mass is 16.6. The predicted octanol–water partition coefficient (Wildman–Crippen LogP) is 2.06. The topological polar surface area (TPSA) is 151 Å². The SMILES string of the molecule is C=C1C(=O)c2cc([N+](=O)[O-])c([N+](=O)[O-])cc2C1=C(C#N)C#N. The number of Topliss-reactive ketones (excluding diaryl/α,β-unsaturated/α-hetero) is 1. The van der Waals surface area contributed by atoms with Gasteiger partial charge in [0.25, 0.3) is 0 Å². The molecule has 0 fully saturated rings. The fourth-order valence-electron chi connectivity index (χ4n) is 2.12. The lowest BCUT2D eigenvalue weighted by atomic mass is 10.00. The molecule has 2 rings (SSSR count). The summed E-state index contributed by atoms with van der Waals surface area (Å²) in [5.74, 6) is -0.717. The number of carbonyl (C=O) groups excluding carboxylic acids is 1. The molecule has 0 radical (unpaired) electrons. The minimum Gasteiger partial charge on any atom is -0.289 e. The summed E-state index contributed by atoms with van der Waals surface area (Å²) in [7, 11) is 0. The summed E-state index contributed by atoms with van der Waals surface area (Å²) in [5.41, 5.74) is -2.74. The quantitative estimate of drug-likeness (QED) is 0.350. The normalized spacial score (nSPS) is 12.4. The van der Waals surface area contributed by atoms with E-state index < -0.39 is 32.6 Å². The van der Waals surface area contributed by atoms with Crippen LogP contribution in [-0.4, -0.2) is 15.6 Å². The maximum atomic E-state index is 12.1. The first-order valence-electron chi connectivity index (χ1n) is 5.59. The van der Waals surface area contributed by atoms with E-state index in [1.54, 1.807) is 12.1 Å². The van der Waals surface area contributed by atoms with E-state index in [4.69, 9.17) is 10.5 Å². The third-order valence-corrected chi connectivity index (χ3v) is 3.07. The maximum absolute atomic E-state index is 12.1. The van der Waals surface area contributed by atoms with E-state index in [-0.39, 0.29) is 22.3 Å². The lowest BCUT2D eigenvalue weighted by Crippen LogP contribution is -2.00. The number of ketones is 1. The Bertz CT molecular complexity index is 882. The first-order valence-corrected chi connectivity index (χ1v) is 5.59. The van der Waals surface area contributed by atoms with Gasteiger partial charge in [-0.15, -0.1) is 0 Å².